The van der Waals surface area contributed by atoms with Gasteiger partial charge in [0.2, 0.25) is 0 Å². The molecule has 4 aromatic rings. The van der Waals surface area contributed by atoms with Gasteiger partial charge in [0.05, 0.1) is 24.5 Å². The van der Waals surface area contributed by atoms with Gasteiger partial charge in [-0.1, -0.05) is 18.2 Å². The number of rotatable bonds is 4. The van der Waals surface area contributed by atoms with Gasteiger partial charge in [-0.25, -0.2) is 0 Å². The molecule has 4 heterocycles. The van der Waals surface area contributed by atoms with Crippen LogP contribution in [-0.2, 0) is 4.74 Å². The molecule has 0 aliphatic carbocycles. The lowest BCUT2D eigenvalue weighted by Gasteiger charge is -2.29. The number of fused-ring (bicyclic) bond motifs is 1. The lowest BCUT2D eigenvalue weighted by atomic mass is 10.0. The van der Waals surface area contributed by atoms with Crippen LogP contribution in [0.4, 0.5) is 5.69 Å². The molecule has 2 aromatic carbocycles. The second kappa shape index (κ2) is 10.1. The van der Waals surface area contributed by atoms with E-state index in [1.165, 1.54) is 6.42 Å². The van der Waals surface area contributed by atoms with Gasteiger partial charge in [-0.2, -0.15) is 5.26 Å². The minimum Gasteiger partial charge on any atom is -0.454 e. The first-order valence-corrected chi connectivity index (χ1v) is 12.9. The van der Waals surface area contributed by atoms with E-state index in [4.69, 9.17) is 9.15 Å². The molecule has 0 saturated carbocycles. The summed E-state index contributed by atoms with van der Waals surface area (Å²) in [6, 6.07) is 19.8. The number of amides is 1. The second-order valence-electron chi connectivity index (χ2n) is 9.56. The van der Waals surface area contributed by atoms with Crippen molar-refractivity contribution >= 4 is 22.7 Å². The van der Waals surface area contributed by atoms with Crippen molar-refractivity contribution in [1.82, 2.24) is 9.88 Å². The summed E-state index contributed by atoms with van der Waals surface area (Å²) in [7, 11) is 0. The van der Waals surface area contributed by atoms with Gasteiger partial charge in [0.15, 0.2) is 5.58 Å². The van der Waals surface area contributed by atoms with E-state index in [0.29, 0.717) is 35.7 Å². The van der Waals surface area contributed by atoms with Crippen LogP contribution < -0.4 is 4.90 Å². The number of pyridine rings is 1. The highest BCUT2D eigenvalue weighted by molar-refractivity contribution is 5.95. The topological polar surface area (TPSA) is 82.6 Å². The average molecular weight is 493 g/mol. The minimum absolute atomic E-state index is 0.0913. The molecule has 7 heteroatoms. The van der Waals surface area contributed by atoms with E-state index >= 15 is 0 Å². The molecule has 6 rings (SSSR count). The maximum atomic E-state index is 12.8. The number of piperidine rings is 1. The van der Waals surface area contributed by atoms with Crippen LogP contribution >= 0.6 is 0 Å². The van der Waals surface area contributed by atoms with Crippen molar-refractivity contribution in [1.29, 1.82) is 5.26 Å². The third-order valence-electron chi connectivity index (χ3n) is 7.25. The number of nitrogens with zero attached hydrogens (tertiary/aromatic N) is 4. The van der Waals surface area contributed by atoms with E-state index < -0.39 is 0 Å². The summed E-state index contributed by atoms with van der Waals surface area (Å²) in [4.78, 5) is 21.5. The number of carbonyl (C=O) groups excluding carboxylic acids is 1. The number of nitriles is 1. The van der Waals surface area contributed by atoms with Crippen molar-refractivity contribution in [2.45, 2.75) is 19.3 Å². The van der Waals surface area contributed by atoms with Crippen molar-refractivity contribution < 1.29 is 13.9 Å². The number of ether oxygens (including phenoxy) is 1. The van der Waals surface area contributed by atoms with Gasteiger partial charge in [-0.15, -0.1) is 0 Å². The first kappa shape index (κ1) is 23.3. The molecule has 186 valence electrons. The first-order chi connectivity index (χ1) is 18.2. The number of benzene rings is 2. The smallest absolute Gasteiger partial charge is 0.253 e. The number of morpholine rings is 1. The molecule has 2 aliphatic rings. The molecule has 0 unspecified atom stereocenters. The van der Waals surface area contributed by atoms with Crippen LogP contribution in [0.1, 0.15) is 35.2 Å². The lowest BCUT2D eigenvalue weighted by Crippen LogP contribution is -2.36. The molecular weight excluding hydrogens is 464 g/mol. The number of likely N-dealkylation sites (tertiary alicyclic amines) is 1. The van der Waals surface area contributed by atoms with Crippen LogP contribution in [0.5, 0.6) is 0 Å². The van der Waals surface area contributed by atoms with Crippen LogP contribution in [-0.4, -0.2) is 55.2 Å². The Morgan fingerprint density at radius 3 is 2.41 bits per heavy atom. The van der Waals surface area contributed by atoms with E-state index in [2.05, 4.69) is 16.0 Å². The van der Waals surface area contributed by atoms with Gasteiger partial charge in [0.1, 0.15) is 17.3 Å². The van der Waals surface area contributed by atoms with Gasteiger partial charge in [0.25, 0.3) is 5.91 Å². The summed E-state index contributed by atoms with van der Waals surface area (Å²) in [5, 5.41) is 9.86. The Balaban J connectivity index is 1.30. The molecule has 0 bridgehead atoms. The van der Waals surface area contributed by atoms with E-state index in [0.717, 1.165) is 66.9 Å². The van der Waals surface area contributed by atoms with Crippen molar-refractivity contribution in [2.24, 2.45) is 0 Å². The van der Waals surface area contributed by atoms with Crippen LogP contribution in [0.25, 0.3) is 33.6 Å². The number of aromatic nitrogens is 1. The van der Waals surface area contributed by atoms with Crippen molar-refractivity contribution in [3.63, 3.8) is 0 Å². The predicted molar refractivity (Wildman–Crippen MR) is 142 cm³/mol. The standard InChI is InChI=1S/C30H28N4O3/c31-20-24-18-23(8-9-27(24)33-14-16-36-17-15-33)25-10-11-32-26-19-28(37-29(25)26)21-4-6-22(7-5-21)30(35)34-12-2-1-3-13-34/h4-11,18-19H,1-3,12-17H2. The monoisotopic (exact) mass is 492 g/mol. The van der Waals surface area contributed by atoms with Crippen molar-refractivity contribution in [3.05, 3.63) is 71.9 Å². The molecule has 0 atom stereocenters. The zero-order valence-corrected chi connectivity index (χ0v) is 20.7. The first-order valence-electron chi connectivity index (χ1n) is 12.9. The lowest BCUT2D eigenvalue weighted by molar-refractivity contribution is 0.0724. The van der Waals surface area contributed by atoms with Gasteiger partial charge in [-0.3, -0.25) is 9.78 Å². The van der Waals surface area contributed by atoms with E-state index in [1.807, 2.05) is 59.5 Å². The molecule has 0 radical (unpaired) electrons. The van der Waals surface area contributed by atoms with Gasteiger partial charge in [0, 0.05) is 55.1 Å². The van der Waals surface area contributed by atoms with E-state index in [9.17, 15) is 10.1 Å². The number of anilines is 1. The summed E-state index contributed by atoms with van der Waals surface area (Å²) in [6.07, 6.45) is 5.10. The van der Waals surface area contributed by atoms with Crippen molar-refractivity contribution in [3.8, 4) is 28.5 Å². The summed E-state index contributed by atoms with van der Waals surface area (Å²) in [6.45, 7) is 4.55. The Labute approximate surface area is 215 Å². The highest BCUT2D eigenvalue weighted by atomic mass is 16.5. The third-order valence-corrected chi connectivity index (χ3v) is 7.25. The maximum absolute atomic E-state index is 12.8. The normalized spacial score (nSPS) is 16.1. The molecule has 2 saturated heterocycles. The minimum atomic E-state index is 0.0913. The maximum Gasteiger partial charge on any atom is 0.253 e. The number of furan rings is 1. The molecule has 2 aromatic heterocycles. The van der Waals surface area contributed by atoms with Crippen LogP contribution in [0.3, 0.4) is 0 Å². The van der Waals surface area contributed by atoms with Crippen molar-refractivity contribution in [2.75, 3.05) is 44.3 Å². The predicted octanol–water partition coefficient (Wildman–Crippen LogP) is 5.50. The summed E-state index contributed by atoms with van der Waals surface area (Å²) < 4.78 is 11.8. The quantitative estimate of drug-likeness (QED) is 0.374. The Morgan fingerprint density at radius 1 is 0.892 bits per heavy atom. The molecule has 2 fully saturated rings. The fourth-order valence-corrected chi connectivity index (χ4v) is 5.24. The van der Waals surface area contributed by atoms with Crippen LogP contribution in [0.15, 0.2) is 65.2 Å². The number of carbonyl (C=O) groups is 1. The molecule has 37 heavy (non-hydrogen) atoms. The van der Waals surface area contributed by atoms with Gasteiger partial charge < -0.3 is 19.0 Å². The van der Waals surface area contributed by atoms with Crippen LogP contribution in [0.2, 0.25) is 0 Å². The summed E-state index contributed by atoms with van der Waals surface area (Å²) in [5.74, 6) is 0.783. The van der Waals surface area contributed by atoms with Crippen LogP contribution in [0, 0.1) is 11.3 Å². The van der Waals surface area contributed by atoms with Gasteiger partial charge in [-0.05, 0) is 55.2 Å². The number of hydrogen-bond donors (Lipinski definition) is 0. The van der Waals surface area contributed by atoms with Gasteiger partial charge >= 0.3 is 0 Å². The molecule has 2 aliphatic heterocycles. The molecule has 1 amide bonds. The zero-order chi connectivity index (χ0) is 25.2. The number of hydrogen-bond acceptors (Lipinski definition) is 6. The summed E-state index contributed by atoms with van der Waals surface area (Å²) >= 11 is 0. The molecule has 7 nitrogen and oxygen atoms in total. The fourth-order valence-electron chi connectivity index (χ4n) is 5.24. The third kappa shape index (κ3) is 4.56. The average Bonchev–Trinajstić information content (AvgIpc) is 3.42. The molecule has 0 N–H and O–H groups in total. The fraction of sp³-hybridized carbons (Fsp3) is 0.300. The Kier molecular flexibility index (Phi) is 6.33. The van der Waals surface area contributed by atoms with E-state index in [1.54, 1.807) is 6.20 Å². The molecule has 0 spiro atoms. The van der Waals surface area contributed by atoms with E-state index in [-0.39, 0.29) is 5.91 Å². The summed E-state index contributed by atoms with van der Waals surface area (Å²) in [5.41, 5.74) is 6.36. The highest BCUT2D eigenvalue weighted by Crippen LogP contribution is 2.35. The Morgan fingerprint density at radius 2 is 1.65 bits per heavy atom. The largest absolute Gasteiger partial charge is 0.454 e. The molecular formula is C30H28N4O3. The Hall–Kier alpha value is -4.15. The SMILES string of the molecule is N#Cc1cc(-c2ccnc3cc(-c4ccc(C(=O)N5CCCCC5)cc4)oc23)ccc1N1CCOCC1. The zero-order valence-electron chi connectivity index (χ0n) is 20.7. The second-order valence-corrected chi connectivity index (χ2v) is 9.56. The Bertz CT molecular complexity index is 1470. The highest BCUT2D eigenvalue weighted by Gasteiger charge is 2.20.